The van der Waals surface area contributed by atoms with Gasteiger partial charge in [-0.15, -0.1) is 5.06 Å². The topological polar surface area (TPSA) is 476 Å². The molecule has 1 aliphatic heterocycles. The fourth-order valence-electron chi connectivity index (χ4n) is 7.94. The minimum Gasteiger partial charge on any atom is -0.467 e. The third kappa shape index (κ3) is 59.1. The van der Waals surface area contributed by atoms with E-state index in [2.05, 4.69) is 37.1 Å². The molecule has 0 spiro atoms. The molecule has 0 saturated carbocycles. The maximum atomic E-state index is 12.0. The normalized spacial score (nSPS) is 13.5. The molecular weight excluding hydrogens is 1720 g/mol. The minimum atomic E-state index is -3.72. The van der Waals surface area contributed by atoms with Crippen LogP contribution in [0.3, 0.4) is 0 Å². The summed E-state index contributed by atoms with van der Waals surface area (Å²) in [6.07, 6.45) is -2.62. The predicted octanol–water partition coefficient (Wildman–Crippen LogP) is 19.3. The Hall–Kier alpha value is -6.67. The van der Waals surface area contributed by atoms with Gasteiger partial charge in [0.05, 0.1) is 62.3 Å². The summed E-state index contributed by atoms with van der Waals surface area (Å²) in [5, 5.41) is 42.0. The number of rotatable bonds is 30. The molecular formula is C67H107FN6O30P7S2V-. The van der Waals surface area contributed by atoms with Crippen LogP contribution in [0.1, 0.15) is 104 Å². The van der Waals surface area contributed by atoms with Crippen LogP contribution in [-0.4, -0.2) is 185 Å². The van der Waals surface area contributed by atoms with Crippen molar-refractivity contribution in [1.82, 2.24) is 9.96 Å². The molecule has 0 aromatic heterocycles. The van der Waals surface area contributed by atoms with Crippen LogP contribution in [0.2, 0.25) is 0 Å². The Labute approximate surface area is 687 Å². The number of nitrogens with zero attached hydrogens (tertiary/aromatic N) is 6. The van der Waals surface area contributed by atoms with E-state index in [1.54, 1.807) is 79.4 Å². The molecule has 1 aliphatic rings. The monoisotopic (exact) mass is 1830 g/mol. The van der Waals surface area contributed by atoms with Crippen LogP contribution in [0.5, 0.6) is 23.0 Å². The zero-order valence-electron chi connectivity index (χ0n) is 67.8. The van der Waals surface area contributed by atoms with Gasteiger partial charge in [-0.1, -0.05) is 35.3 Å². The first-order valence-electron chi connectivity index (χ1n) is 32.6. The first-order chi connectivity index (χ1) is 51.5. The van der Waals surface area contributed by atoms with Crippen LogP contribution >= 0.6 is 62.1 Å². The number of carbonyl (C=O) groups is 6. The van der Waals surface area contributed by atoms with Crippen molar-refractivity contribution in [2.45, 2.75) is 113 Å². The van der Waals surface area contributed by atoms with E-state index in [1.807, 2.05) is 47.4 Å². The second kappa shape index (κ2) is 60.8. The number of halogens is 1. The van der Waals surface area contributed by atoms with Crippen LogP contribution in [0.25, 0.3) is 0 Å². The van der Waals surface area contributed by atoms with Crippen molar-refractivity contribution in [1.29, 1.82) is 0 Å². The van der Waals surface area contributed by atoms with Crippen LogP contribution < -0.4 is 18.1 Å². The van der Waals surface area contributed by atoms with Crippen molar-refractivity contribution < 1.29 is 144 Å². The van der Waals surface area contributed by atoms with E-state index < -0.39 is 82.2 Å². The Bertz CT molecular complexity index is 3890. The Kier molecular flexibility index (Phi) is 64.3. The van der Waals surface area contributed by atoms with E-state index in [4.69, 9.17) is 71.8 Å². The summed E-state index contributed by atoms with van der Waals surface area (Å²) in [7, 11) is -16.1. The first-order valence-corrected chi connectivity index (χ1v) is 50.3. The third-order valence-corrected chi connectivity index (χ3v) is 21.3. The van der Waals surface area contributed by atoms with Crippen LogP contribution in [-0.2, 0) is 104 Å². The number of fused-ring (bicyclic) bond motifs is 1. The molecule has 6 rings (SSSR count). The molecule has 36 nitrogen and oxygen atoms in total. The van der Waals surface area contributed by atoms with Crippen LogP contribution in [0, 0.1) is 47.9 Å². The molecule has 0 fully saturated rings. The zero-order valence-corrected chi connectivity index (χ0v) is 77.1. The van der Waals surface area contributed by atoms with Crippen LogP contribution in [0.15, 0.2) is 121 Å². The number of hydroxylamine groups is 2. The first kappa shape index (κ1) is 121. The van der Waals surface area contributed by atoms with Crippen molar-refractivity contribution in [2.75, 3.05) is 85.5 Å². The summed E-state index contributed by atoms with van der Waals surface area (Å²) >= 11 is 6.56. The number of nitro benzene ring substituents is 4. The molecule has 1 heterocycles. The molecule has 645 valence electrons. The number of benzene rings is 5. The third-order valence-electron chi connectivity index (χ3n) is 11.3. The molecule has 0 bridgehead atoms. The van der Waals surface area contributed by atoms with Gasteiger partial charge in [-0.05, 0) is 157 Å². The number of imide groups is 1. The number of amides is 2. The van der Waals surface area contributed by atoms with Gasteiger partial charge in [-0.3, -0.25) is 77.7 Å². The van der Waals surface area contributed by atoms with E-state index in [1.165, 1.54) is 142 Å². The summed E-state index contributed by atoms with van der Waals surface area (Å²) in [6, 6.07) is 29.4. The van der Waals surface area contributed by atoms with E-state index in [0.717, 1.165) is 19.0 Å². The van der Waals surface area contributed by atoms with Gasteiger partial charge >= 0.3 is 30.5 Å². The van der Waals surface area contributed by atoms with Gasteiger partial charge in [0.1, 0.15) is 56.4 Å². The van der Waals surface area contributed by atoms with Gasteiger partial charge in [0.25, 0.3) is 41.1 Å². The Morgan fingerprint density at radius 1 is 0.456 bits per heavy atom. The van der Waals surface area contributed by atoms with Gasteiger partial charge in [-0.25, -0.2) is 9.13 Å². The number of nitro groups is 4. The number of carbonyl (C=O) groups excluding carboxylic acids is 6. The number of non-ortho nitro benzene ring substituents is 4. The summed E-state index contributed by atoms with van der Waals surface area (Å²) < 4.78 is 131. The Morgan fingerprint density at radius 2 is 0.737 bits per heavy atom. The maximum Gasteiger partial charge on any atom is 0.376 e. The average Bonchev–Trinajstić information content (AvgIpc) is 1.63. The molecule has 5 unspecified atom stereocenters. The Balaban J connectivity index is -0.000000232. The van der Waals surface area contributed by atoms with Crippen molar-refractivity contribution in [3.05, 3.63) is 180 Å². The smallest absolute Gasteiger partial charge is 0.376 e. The van der Waals surface area contributed by atoms with E-state index in [9.17, 15) is 81.6 Å². The van der Waals surface area contributed by atoms with Gasteiger partial charge in [-0.2, -0.15) is 8.82 Å². The molecule has 5 aromatic rings. The molecule has 0 aliphatic carbocycles. The standard InChI is InChI=1S/C12H14NO5P.C11H26NO2PS.C10H14NO5P.C9H12NO5P.C8H10NO4P.C8H10NO3PS.C4H10FO2P.4CH2O.CH3.V/c1-8(2)17-19(3,16)18-13-11(14)9-6-4-5-7-10(9)12(13)15;1-7-14-15(6,13)16-9-8-12(10(2)3)11(4)5;1-8(2)15-17(3,14)16-10-6-4-9(5-7-10)11(12)13;1-3-14-16(2,13)15-9-6-4-8(5-7-9)10(11)12;1-14(2,12)13-8-5-3-7(4-6-8)9(10)11;1-13(2,14)12-8-5-3-7(4-6-8)9(10)11;1-4(2)7-8(3,5)6;4*1-2;;/h4-8H,1-3H3;10-11H,7-9H2,1-6H3;4-8H,1-3H3;4-7H,3H2,1-2H3;2*3-6H,1-2H3;4H,1-3H3;4*1H2;1H3;/q;;;;;;;;;;;-1;. The van der Waals surface area contributed by atoms with Gasteiger partial charge in [0.2, 0.25) is 7.37 Å². The summed E-state index contributed by atoms with van der Waals surface area (Å²) in [6.45, 7) is 43.1. The van der Waals surface area contributed by atoms with Crippen molar-refractivity contribution in [3.8, 4) is 23.0 Å². The predicted molar refractivity (Wildman–Crippen MR) is 444 cm³/mol. The maximum absolute atomic E-state index is 12.0. The van der Waals surface area contributed by atoms with Crippen molar-refractivity contribution in [3.63, 3.8) is 0 Å². The molecule has 2 amide bonds. The molecule has 1 radical (unpaired) electrons. The molecule has 5 aromatic carbocycles. The van der Waals surface area contributed by atoms with Gasteiger partial charge < -0.3 is 62.8 Å². The summed E-state index contributed by atoms with van der Waals surface area (Å²) in [5.74, 6) is 1.13. The zero-order chi connectivity index (χ0) is 88.5. The van der Waals surface area contributed by atoms with Gasteiger partial charge in [0.15, 0.2) is 0 Å². The number of hydrogen-bond donors (Lipinski definition) is 0. The van der Waals surface area contributed by atoms with E-state index >= 15 is 0 Å². The minimum absolute atomic E-state index is 0. The van der Waals surface area contributed by atoms with Gasteiger partial charge in [0, 0.05) is 138 Å². The molecule has 47 heteroatoms. The average molecular weight is 1830 g/mol. The SMILES string of the molecule is C=O.C=O.C=O.C=O.CC(C)OP(C)(=O)F.CC(C)OP(C)(=O)ON1C(=O)c2ccccc2C1=O.CC(C)OP(C)(=O)Oc1ccc([N+](=O)[O-])cc1.CCOP(C)(=O)Oc1ccc([N+](=O)[O-])cc1.CCOP(C)(=O)SCCN(C(C)C)C(C)C.CP(C)(=O)Oc1ccc([N+](=O)[O-])cc1.CP(C)(=S)Oc1ccc([N+](=O)[O-])cc1.[CH3-].[V]. The molecule has 0 saturated heterocycles. The second-order valence-electron chi connectivity index (χ2n) is 23.8. The molecule has 5 atom stereocenters. The van der Waals surface area contributed by atoms with E-state index in [-0.39, 0.29) is 96.3 Å². The fourth-order valence-corrected chi connectivity index (χ4v) is 16.7. The molecule has 0 N–H and O–H groups in total. The quantitative estimate of drug-likeness (QED) is 0.0135. The molecule has 114 heavy (non-hydrogen) atoms. The largest absolute Gasteiger partial charge is 0.467 e. The number of hydrogen-bond acceptors (Lipinski definition) is 33. The van der Waals surface area contributed by atoms with Crippen LogP contribution in [0.4, 0.5) is 26.9 Å². The summed E-state index contributed by atoms with van der Waals surface area (Å²) in [5.41, 5.74) is 0.411. The Morgan fingerprint density at radius 3 is 0.982 bits per heavy atom. The fraction of sp³-hybridized carbons (Fsp3) is 0.448. The summed E-state index contributed by atoms with van der Waals surface area (Å²) in [4.78, 5) is 97.8. The van der Waals surface area contributed by atoms with E-state index in [0.29, 0.717) is 35.3 Å². The van der Waals surface area contributed by atoms with Crippen molar-refractivity contribution in [2.24, 2.45) is 0 Å². The van der Waals surface area contributed by atoms with Crippen molar-refractivity contribution >= 4 is 136 Å². The second-order valence-corrected chi connectivity index (χ2v) is 44.6.